The summed E-state index contributed by atoms with van der Waals surface area (Å²) in [5, 5.41) is 3.46. The molecule has 2 rings (SSSR count). The van der Waals surface area contributed by atoms with Crippen molar-refractivity contribution < 1.29 is 14.3 Å². The molecular weight excluding hydrogens is 280 g/mol. The summed E-state index contributed by atoms with van der Waals surface area (Å²) in [6.07, 6.45) is 0.626. The van der Waals surface area contributed by atoms with Crippen LogP contribution in [0.25, 0.3) is 0 Å². The van der Waals surface area contributed by atoms with Gasteiger partial charge in [-0.1, -0.05) is 12.1 Å². The molecule has 1 saturated heterocycles. The number of methoxy groups -OCH3 is 1. The number of nitrogens with one attached hydrogen (secondary N) is 1. The maximum absolute atomic E-state index is 12.2. The molecule has 1 aliphatic heterocycles. The lowest BCUT2D eigenvalue weighted by Crippen LogP contribution is -2.54. The van der Waals surface area contributed by atoms with Crippen LogP contribution in [0.2, 0.25) is 0 Å². The minimum absolute atomic E-state index is 0.230. The van der Waals surface area contributed by atoms with Crippen LogP contribution in [-0.4, -0.2) is 49.4 Å². The summed E-state index contributed by atoms with van der Waals surface area (Å²) < 4.78 is 10.7. The van der Waals surface area contributed by atoms with Crippen molar-refractivity contribution in [3.63, 3.8) is 0 Å². The summed E-state index contributed by atoms with van der Waals surface area (Å²) in [5.74, 6) is 0.859. The van der Waals surface area contributed by atoms with Gasteiger partial charge in [-0.25, -0.2) is 4.79 Å². The molecule has 5 nitrogen and oxygen atoms in total. The third-order valence-electron chi connectivity index (χ3n) is 3.52. The SMILES string of the molecule is COc1cccc(C[C@@H]2CN(C(=O)OC(C)(C)C)CCN2)c1. The fraction of sp³-hybridized carbons (Fsp3) is 0.588. The molecule has 5 heteroatoms. The first-order chi connectivity index (χ1) is 10.4. The number of carbonyl (C=O) groups excluding carboxylic acids is 1. The molecule has 1 heterocycles. The van der Waals surface area contributed by atoms with Gasteiger partial charge in [0.05, 0.1) is 7.11 Å². The second-order valence-electron chi connectivity index (χ2n) is 6.63. The van der Waals surface area contributed by atoms with Crippen molar-refractivity contribution in [3.05, 3.63) is 29.8 Å². The number of piperazine rings is 1. The highest BCUT2D eigenvalue weighted by Crippen LogP contribution is 2.16. The van der Waals surface area contributed by atoms with E-state index in [0.717, 1.165) is 18.7 Å². The van der Waals surface area contributed by atoms with Gasteiger partial charge < -0.3 is 19.7 Å². The Morgan fingerprint density at radius 1 is 1.41 bits per heavy atom. The number of hydrogen-bond acceptors (Lipinski definition) is 4. The van der Waals surface area contributed by atoms with E-state index in [2.05, 4.69) is 11.4 Å². The van der Waals surface area contributed by atoms with Crippen LogP contribution in [0.4, 0.5) is 4.79 Å². The molecule has 0 aromatic heterocycles. The summed E-state index contributed by atoms with van der Waals surface area (Å²) in [6, 6.07) is 8.27. The molecule has 22 heavy (non-hydrogen) atoms. The Labute approximate surface area is 132 Å². The van der Waals surface area contributed by atoms with Crippen molar-refractivity contribution in [2.45, 2.75) is 38.8 Å². The lowest BCUT2D eigenvalue weighted by Gasteiger charge is -2.35. The number of hydrogen-bond donors (Lipinski definition) is 1. The first-order valence-electron chi connectivity index (χ1n) is 7.71. The Bertz CT molecular complexity index is 511. The van der Waals surface area contributed by atoms with E-state index in [9.17, 15) is 4.79 Å². The lowest BCUT2D eigenvalue weighted by molar-refractivity contribution is 0.0195. The quantitative estimate of drug-likeness (QED) is 0.932. The number of amides is 1. The van der Waals surface area contributed by atoms with Crippen LogP contribution in [0.5, 0.6) is 5.75 Å². The molecule has 1 fully saturated rings. The van der Waals surface area contributed by atoms with Gasteiger partial charge in [-0.15, -0.1) is 0 Å². The predicted octanol–water partition coefficient (Wildman–Crippen LogP) is 2.45. The highest BCUT2D eigenvalue weighted by molar-refractivity contribution is 5.68. The highest BCUT2D eigenvalue weighted by Gasteiger charge is 2.27. The molecule has 0 spiro atoms. The average molecular weight is 306 g/mol. The maximum atomic E-state index is 12.2. The van der Waals surface area contributed by atoms with Gasteiger partial charge >= 0.3 is 6.09 Å². The van der Waals surface area contributed by atoms with Crippen molar-refractivity contribution in [2.24, 2.45) is 0 Å². The largest absolute Gasteiger partial charge is 0.497 e. The molecule has 0 radical (unpaired) electrons. The minimum atomic E-state index is -0.454. The van der Waals surface area contributed by atoms with E-state index in [-0.39, 0.29) is 12.1 Å². The first kappa shape index (κ1) is 16.6. The summed E-state index contributed by atoms with van der Waals surface area (Å²) in [5.41, 5.74) is 0.743. The molecule has 122 valence electrons. The Morgan fingerprint density at radius 2 is 2.18 bits per heavy atom. The molecule has 1 aliphatic rings. The molecule has 0 unspecified atom stereocenters. The van der Waals surface area contributed by atoms with Gasteiger partial charge in [-0.3, -0.25) is 0 Å². The molecule has 1 aromatic rings. The molecule has 1 atom stereocenters. The Hall–Kier alpha value is -1.75. The predicted molar refractivity (Wildman–Crippen MR) is 86.3 cm³/mol. The Kier molecular flexibility index (Phi) is 5.29. The van der Waals surface area contributed by atoms with Crippen LogP contribution in [0.3, 0.4) is 0 Å². The smallest absolute Gasteiger partial charge is 0.410 e. The van der Waals surface area contributed by atoms with Crippen molar-refractivity contribution >= 4 is 6.09 Å². The van der Waals surface area contributed by atoms with Crippen LogP contribution in [0, 0.1) is 0 Å². The number of nitrogens with zero attached hydrogens (tertiary/aromatic N) is 1. The summed E-state index contributed by atoms with van der Waals surface area (Å²) in [6.45, 7) is 7.80. The van der Waals surface area contributed by atoms with Crippen LogP contribution in [0.15, 0.2) is 24.3 Å². The Morgan fingerprint density at radius 3 is 2.86 bits per heavy atom. The number of benzene rings is 1. The average Bonchev–Trinajstić information content (AvgIpc) is 2.46. The van der Waals surface area contributed by atoms with Gasteiger partial charge in [-0.2, -0.15) is 0 Å². The molecule has 1 aromatic carbocycles. The van der Waals surface area contributed by atoms with E-state index in [0.29, 0.717) is 13.1 Å². The van der Waals surface area contributed by atoms with Crippen LogP contribution < -0.4 is 10.1 Å². The highest BCUT2D eigenvalue weighted by atomic mass is 16.6. The fourth-order valence-electron chi connectivity index (χ4n) is 2.54. The zero-order chi connectivity index (χ0) is 16.2. The lowest BCUT2D eigenvalue weighted by atomic mass is 10.0. The van der Waals surface area contributed by atoms with Gasteiger partial charge in [0.15, 0.2) is 0 Å². The maximum Gasteiger partial charge on any atom is 0.410 e. The third kappa shape index (κ3) is 4.91. The van der Waals surface area contributed by atoms with Gasteiger partial charge in [0.2, 0.25) is 0 Å². The first-order valence-corrected chi connectivity index (χ1v) is 7.71. The van der Waals surface area contributed by atoms with E-state index in [1.54, 1.807) is 12.0 Å². The summed E-state index contributed by atoms with van der Waals surface area (Å²) in [4.78, 5) is 14.0. The van der Waals surface area contributed by atoms with E-state index < -0.39 is 5.60 Å². The second kappa shape index (κ2) is 7.01. The number of rotatable bonds is 3. The van der Waals surface area contributed by atoms with Gasteiger partial charge in [0.25, 0.3) is 0 Å². The molecule has 1 N–H and O–H groups in total. The van der Waals surface area contributed by atoms with Crippen molar-refractivity contribution in [1.82, 2.24) is 10.2 Å². The van der Waals surface area contributed by atoms with Crippen molar-refractivity contribution in [3.8, 4) is 5.75 Å². The van der Waals surface area contributed by atoms with E-state index in [1.165, 1.54) is 5.56 Å². The number of ether oxygens (including phenoxy) is 2. The van der Waals surface area contributed by atoms with Gasteiger partial charge in [0, 0.05) is 25.7 Å². The second-order valence-corrected chi connectivity index (χ2v) is 6.63. The normalized spacial score (nSPS) is 18.9. The standard InChI is InChI=1S/C17H26N2O3/c1-17(2,3)22-16(20)19-9-8-18-14(12-19)10-13-6-5-7-15(11-13)21-4/h5-7,11,14,18H,8-10,12H2,1-4H3/t14-/m1/s1. The fourth-order valence-corrected chi connectivity index (χ4v) is 2.54. The van der Waals surface area contributed by atoms with Crippen LogP contribution in [-0.2, 0) is 11.2 Å². The van der Waals surface area contributed by atoms with Crippen LogP contribution in [0.1, 0.15) is 26.3 Å². The zero-order valence-corrected chi connectivity index (χ0v) is 13.9. The van der Waals surface area contributed by atoms with E-state index >= 15 is 0 Å². The van der Waals surface area contributed by atoms with E-state index in [1.807, 2.05) is 39.0 Å². The van der Waals surface area contributed by atoms with Crippen molar-refractivity contribution in [1.29, 1.82) is 0 Å². The minimum Gasteiger partial charge on any atom is -0.497 e. The molecule has 0 saturated carbocycles. The molecule has 0 aliphatic carbocycles. The molecular formula is C17H26N2O3. The van der Waals surface area contributed by atoms with Gasteiger partial charge in [-0.05, 0) is 44.9 Å². The third-order valence-corrected chi connectivity index (χ3v) is 3.52. The van der Waals surface area contributed by atoms with Gasteiger partial charge in [0.1, 0.15) is 11.4 Å². The monoisotopic (exact) mass is 306 g/mol. The van der Waals surface area contributed by atoms with Crippen molar-refractivity contribution in [2.75, 3.05) is 26.7 Å². The molecule has 0 bridgehead atoms. The zero-order valence-electron chi connectivity index (χ0n) is 13.9. The topological polar surface area (TPSA) is 50.8 Å². The Balaban J connectivity index is 1.94. The molecule has 1 amide bonds. The van der Waals surface area contributed by atoms with Crippen LogP contribution >= 0.6 is 0 Å². The summed E-state index contributed by atoms with van der Waals surface area (Å²) in [7, 11) is 1.67. The summed E-state index contributed by atoms with van der Waals surface area (Å²) >= 11 is 0. The van der Waals surface area contributed by atoms with E-state index in [4.69, 9.17) is 9.47 Å². The number of carbonyl (C=O) groups is 1.